The van der Waals surface area contributed by atoms with Crippen molar-refractivity contribution in [3.63, 3.8) is 0 Å². The zero-order valence-electron chi connectivity index (χ0n) is 8.94. The Hall–Kier alpha value is -1.49. The first kappa shape index (κ1) is 11.0. The Balaban J connectivity index is 2.08. The van der Waals surface area contributed by atoms with E-state index in [0.717, 1.165) is 6.42 Å². The second kappa shape index (κ2) is 4.17. The lowest BCUT2D eigenvalue weighted by Crippen LogP contribution is -2.18. The zero-order chi connectivity index (χ0) is 11.7. The summed E-state index contributed by atoms with van der Waals surface area (Å²) in [5.74, 6) is -0.102. The molecule has 0 heterocycles. The van der Waals surface area contributed by atoms with Crippen molar-refractivity contribution in [2.45, 2.75) is 25.9 Å². The van der Waals surface area contributed by atoms with Gasteiger partial charge in [-0.05, 0) is 12.3 Å². The molecule has 0 aliphatic heterocycles. The summed E-state index contributed by atoms with van der Waals surface area (Å²) in [6.45, 7) is 2.46. The molecule has 1 saturated carbocycles. The predicted molar refractivity (Wildman–Crippen MR) is 57.5 cm³/mol. The van der Waals surface area contributed by atoms with Crippen LogP contribution < -0.4 is 5.32 Å². The van der Waals surface area contributed by atoms with Crippen molar-refractivity contribution < 1.29 is 9.31 Å². The number of hydrogen-bond acceptors (Lipinski definition) is 3. The van der Waals surface area contributed by atoms with Crippen LogP contribution >= 0.6 is 0 Å². The molecule has 5 heteroatoms. The monoisotopic (exact) mass is 224 g/mol. The minimum Gasteiger partial charge on any atom is -0.310 e. The second-order valence-corrected chi connectivity index (χ2v) is 4.21. The van der Waals surface area contributed by atoms with Gasteiger partial charge in [0, 0.05) is 24.2 Å². The van der Waals surface area contributed by atoms with E-state index in [1.807, 2.05) is 0 Å². The molecule has 0 bridgehead atoms. The predicted octanol–water partition coefficient (Wildman–Crippen LogP) is 2.23. The number of halogens is 1. The first-order chi connectivity index (χ1) is 7.59. The average molecular weight is 224 g/mol. The van der Waals surface area contributed by atoms with Gasteiger partial charge in [-0.15, -0.1) is 0 Å². The smallest absolute Gasteiger partial charge is 0.305 e. The summed E-state index contributed by atoms with van der Waals surface area (Å²) in [7, 11) is 0. The molecule has 2 unspecified atom stereocenters. The fourth-order valence-corrected chi connectivity index (χ4v) is 1.69. The Morgan fingerprint density at radius 1 is 1.62 bits per heavy atom. The van der Waals surface area contributed by atoms with Crippen LogP contribution in [0.1, 0.15) is 18.9 Å². The van der Waals surface area contributed by atoms with Gasteiger partial charge < -0.3 is 5.32 Å². The molecule has 1 aromatic rings. The van der Waals surface area contributed by atoms with Crippen LogP contribution in [0, 0.1) is 21.8 Å². The van der Waals surface area contributed by atoms with Gasteiger partial charge in [-0.2, -0.15) is 4.39 Å². The maximum absolute atomic E-state index is 13.6. The van der Waals surface area contributed by atoms with Gasteiger partial charge in [-0.3, -0.25) is 10.1 Å². The number of hydrogen-bond donors (Lipinski definition) is 1. The molecule has 4 nitrogen and oxygen atoms in total. The molecule has 1 aliphatic carbocycles. The van der Waals surface area contributed by atoms with E-state index in [9.17, 15) is 14.5 Å². The van der Waals surface area contributed by atoms with Gasteiger partial charge in [0.15, 0.2) is 0 Å². The van der Waals surface area contributed by atoms with Crippen LogP contribution in [0.4, 0.5) is 10.1 Å². The minimum absolute atomic E-state index is 0.350. The largest absolute Gasteiger partial charge is 0.310 e. The summed E-state index contributed by atoms with van der Waals surface area (Å²) in [4.78, 5) is 9.83. The van der Waals surface area contributed by atoms with Crippen LogP contribution in [0.5, 0.6) is 0 Å². The highest BCUT2D eigenvalue weighted by atomic mass is 19.1. The van der Waals surface area contributed by atoms with Crippen LogP contribution in [-0.4, -0.2) is 11.0 Å². The fourth-order valence-electron chi connectivity index (χ4n) is 1.69. The van der Waals surface area contributed by atoms with Crippen molar-refractivity contribution in [1.29, 1.82) is 0 Å². The minimum atomic E-state index is -0.728. The number of nitrogens with one attached hydrogen (secondary N) is 1. The van der Waals surface area contributed by atoms with Crippen molar-refractivity contribution in [2.24, 2.45) is 5.92 Å². The topological polar surface area (TPSA) is 55.2 Å². The van der Waals surface area contributed by atoms with Crippen molar-refractivity contribution in [2.75, 3.05) is 0 Å². The normalized spacial score (nSPS) is 23.1. The van der Waals surface area contributed by atoms with E-state index in [-0.39, 0.29) is 0 Å². The van der Waals surface area contributed by atoms with Gasteiger partial charge in [-0.25, -0.2) is 0 Å². The molecule has 0 spiro atoms. The molecule has 1 N–H and O–H groups in total. The zero-order valence-corrected chi connectivity index (χ0v) is 8.94. The summed E-state index contributed by atoms with van der Waals surface area (Å²) in [5.41, 5.74) is -0.101. The van der Waals surface area contributed by atoms with E-state index < -0.39 is 16.4 Å². The summed E-state index contributed by atoms with van der Waals surface area (Å²) < 4.78 is 13.6. The van der Waals surface area contributed by atoms with Crippen molar-refractivity contribution in [1.82, 2.24) is 5.32 Å². The number of nitro groups is 1. The van der Waals surface area contributed by atoms with Gasteiger partial charge in [0.2, 0.25) is 5.82 Å². The number of nitrogens with zero attached hydrogens (tertiary/aromatic N) is 1. The third-order valence-electron chi connectivity index (χ3n) is 2.92. The van der Waals surface area contributed by atoms with Crippen molar-refractivity contribution >= 4 is 5.69 Å². The molecule has 0 aromatic heterocycles. The Kier molecular flexibility index (Phi) is 2.87. The van der Waals surface area contributed by atoms with E-state index in [2.05, 4.69) is 12.2 Å². The Bertz CT molecular complexity index is 422. The lowest BCUT2D eigenvalue weighted by Gasteiger charge is -2.04. The van der Waals surface area contributed by atoms with Crippen molar-refractivity contribution in [3.8, 4) is 0 Å². The number of rotatable bonds is 4. The molecule has 0 radical (unpaired) electrons. The van der Waals surface area contributed by atoms with Gasteiger partial charge in [0.1, 0.15) is 0 Å². The SMILES string of the molecule is CC1CC1NCc1cccc([N+](=O)[O-])c1F. The van der Waals surface area contributed by atoms with Crippen LogP contribution in [-0.2, 0) is 6.54 Å². The molecule has 0 saturated heterocycles. The molecule has 0 amide bonds. The molecule has 1 fully saturated rings. The quantitative estimate of drug-likeness (QED) is 0.630. The summed E-state index contributed by atoms with van der Waals surface area (Å²) in [6.07, 6.45) is 1.09. The average Bonchev–Trinajstić information content (AvgIpc) is 2.93. The Morgan fingerprint density at radius 2 is 2.31 bits per heavy atom. The molecule has 1 aliphatic rings. The second-order valence-electron chi connectivity index (χ2n) is 4.21. The number of benzene rings is 1. The van der Waals surface area contributed by atoms with Gasteiger partial charge in [0.05, 0.1) is 4.92 Å². The molecule has 86 valence electrons. The van der Waals surface area contributed by atoms with Gasteiger partial charge in [-0.1, -0.05) is 19.1 Å². The molecule has 16 heavy (non-hydrogen) atoms. The van der Waals surface area contributed by atoms with Crippen LogP contribution in [0.25, 0.3) is 0 Å². The standard InChI is InChI=1S/C11H13FN2O2/c1-7-5-9(7)13-6-8-3-2-4-10(11(8)12)14(15)16/h2-4,7,9,13H,5-6H2,1H3. The van der Waals surface area contributed by atoms with Crippen LogP contribution in [0.2, 0.25) is 0 Å². The summed E-state index contributed by atoms with van der Waals surface area (Å²) >= 11 is 0. The number of nitro benzene ring substituents is 1. The highest BCUT2D eigenvalue weighted by Crippen LogP contribution is 2.29. The first-order valence-corrected chi connectivity index (χ1v) is 5.24. The Labute approximate surface area is 92.6 Å². The maximum atomic E-state index is 13.6. The van der Waals surface area contributed by atoms with Crippen LogP contribution in [0.15, 0.2) is 18.2 Å². The van der Waals surface area contributed by atoms with Gasteiger partial charge in [0.25, 0.3) is 0 Å². The van der Waals surface area contributed by atoms with Gasteiger partial charge >= 0.3 is 5.69 Å². The summed E-state index contributed by atoms with van der Waals surface area (Å²) in [5, 5.41) is 13.7. The Morgan fingerprint density at radius 3 is 2.88 bits per heavy atom. The molecule has 1 aromatic carbocycles. The van der Waals surface area contributed by atoms with E-state index in [1.54, 1.807) is 6.07 Å². The van der Waals surface area contributed by atoms with E-state index in [4.69, 9.17) is 0 Å². The molecule has 2 rings (SSSR count). The molecular weight excluding hydrogens is 211 g/mol. The lowest BCUT2D eigenvalue weighted by atomic mass is 10.2. The van der Waals surface area contributed by atoms with Crippen molar-refractivity contribution in [3.05, 3.63) is 39.7 Å². The first-order valence-electron chi connectivity index (χ1n) is 5.24. The maximum Gasteiger partial charge on any atom is 0.305 e. The highest BCUT2D eigenvalue weighted by Gasteiger charge is 2.32. The van der Waals surface area contributed by atoms with Crippen LogP contribution in [0.3, 0.4) is 0 Å². The highest BCUT2D eigenvalue weighted by molar-refractivity contribution is 5.36. The lowest BCUT2D eigenvalue weighted by molar-refractivity contribution is -0.387. The fraction of sp³-hybridized carbons (Fsp3) is 0.455. The summed E-state index contributed by atoms with van der Waals surface area (Å²) in [6, 6.07) is 4.69. The molecule has 2 atom stereocenters. The van der Waals surface area contributed by atoms with E-state index in [1.165, 1.54) is 12.1 Å². The van der Waals surface area contributed by atoms with E-state index >= 15 is 0 Å². The third-order valence-corrected chi connectivity index (χ3v) is 2.92. The molecular formula is C11H13FN2O2. The van der Waals surface area contributed by atoms with E-state index in [0.29, 0.717) is 24.1 Å². The third kappa shape index (κ3) is 2.19.